The second kappa shape index (κ2) is 5.63. The van der Waals surface area contributed by atoms with Gasteiger partial charge < -0.3 is 10.1 Å². The van der Waals surface area contributed by atoms with Gasteiger partial charge in [0, 0.05) is 18.7 Å². The van der Waals surface area contributed by atoms with Crippen molar-refractivity contribution in [3.8, 4) is 5.75 Å². The summed E-state index contributed by atoms with van der Waals surface area (Å²) in [4.78, 5) is -0.131. The van der Waals surface area contributed by atoms with E-state index in [-0.39, 0.29) is 4.87 Å². The lowest BCUT2D eigenvalue weighted by Gasteiger charge is -2.30. The highest BCUT2D eigenvalue weighted by Crippen LogP contribution is 2.41. The van der Waals surface area contributed by atoms with Crippen LogP contribution in [0.25, 0.3) is 0 Å². The van der Waals surface area contributed by atoms with Crippen LogP contribution in [0.5, 0.6) is 5.75 Å². The molecular formula is C17H16NOS. The van der Waals surface area contributed by atoms with Crippen molar-refractivity contribution in [3.05, 3.63) is 77.3 Å². The Morgan fingerprint density at radius 2 is 2.10 bits per heavy atom. The number of thioether (sulfide) groups is 1. The maximum absolute atomic E-state index is 5.26. The Morgan fingerprint density at radius 3 is 2.80 bits per heavy atom. The van der Waals surface area contributed by atoms with Crippen LogP contribution in [0, 0.1) is 6.07 Å². The van der Waals surface area contributed by atoms with Gasteiger partial charge in [0.1, 0.15) is 10.6 Å². The van der Waals surface area contributed by atoms with Crippen LogP contribution in [0.15, 0.2) is 60.1 Å². The number of hydrogen-bond donors (Lipinski definition) is 1. The maximum atomic E-state index is 5.26. The zero-order chi connectivity index (χ0) is 13.8. The van der Waals surface area contributed by atoms with Crippen LogP contribution in [-0.2, 0) is 11.3 Å². The Kier molecular flexibility index (Phi) is 3.70. The van der Waals surface area contributed by atoms with Crippen LogP contribution in [0.3, 0.4) is 0 Å². The van der Waals surface area contributed by atoms with Gasteiger partial charge in [-0.15, -0.1) is 0 Å². The summed E-state index contributed by atoms with van der Waals surface area (Å²) in [6.07, 6.45) is 2.91. The predicted molar refractivity (Wildman–Crippen MR) is 83.5 cm³/mol. The topological polar surface area (TPSA) is 21.3 Å². The van der Waals surface area contributed by atoms with Gasteiger partial charge in [-0.2, -0.15) is 0 Å². The van der Waals surface area contributed by atoms with Gasteiger partial charge >= 0.3 is 0 Å². The Labute approximate surface area is 123 Å². The molecule has 1 aliphatic rings. The summed E-state index contributed by atoms with van der Waals surface area (Å²) < 4.78 is 5.26. The molecule has 1 radical (unpaired) electrons. The van der Waals surface area contributed by atoms with Crippen LogP contribution in [0.4, 0.5) is 0 Å². The van der Waals surface area contributed by atoms with E-state index in [2.05, 4.69) is 47.1 Å². The van der Waals surface area contributed by atoms with E-state index in [1.807, 2.05) is 36.2 Å². The van der Waals surface area contributed by atoms with Crippen LogP contribution >= 0.6 is 11.8 Å². The number of ether oxygens (including phenoxy) is 1. The third-order valence-corrected chi connectivity index (χ3v) is 4.58. The number of methoxy groups -OCH3 is 1. The first-order chi connectivity index (χ1) is 9.82. The molecule has 0 spiro atoms. The highest BCUT2D eigenvalue weighted by molar-refractivity contribution is 8.03. The molecule has 1 unspecified atom stereocenters. The van der Waals surface area contributed by atoms with Gasteiger partial charge in [-0.3, -0.25) is 0 Å². The normalized spacial score (nSPS) is 20.6. The van der Waals surface area contributed by atoms with E-state index in [0.29, 0.717) is 0 Å². The van der Waals surface area contributed by atoms with Gasteiger partial charge in [-0.1, -0.05) is 54.2 Å². The Bertz CT molecular complexity index is 601. The first-order valence-electron chi connectivity index (χ1n) is 6.53. The average molecular weight is 282 g/mol. The van der Waals surface area contributed by atoms with E-state index in [0.717, 1.165) is 12.2 Å². The number of hydrogen-bond acceptors (Lipinski definition) is 3. The van der Waals surface area contributed by atoms with Gasteiger partial charge in [-0.05, 0) is 22.6 Å². The van der Waals surface area contributed by atoms with Gasteiger partial charge in [0.15, 0.2) is 0 Å². The molecule has 2 nitrogen and oxygen atoms in total. The van der Waals surface area contributed by atoms with Gasteiger partial charge in [0.05, 0.1) is 7.11 Å². The van der Waals surface area contributed by atoms with E-state index in [4.69, 9.17) is 4.74 Å². The van der Waals surface area contributed by atoms with E-state index in [1.165, 1.54) is 11.1 Å². The van der Waals surface area contributed by atoms with Crippen molar-refractivity contribution in [2.45, 2.75) is 11.3 Å². The van der Waals surface area contributed by atoms with Crippen molar-refractivity contribution in [2.75, 3.05) is 7.11 Å². The first kappa shape index (κ1) is 13.1. The van der Waals surface area contributed by atoms with Crippen molar-refractivity contribution in [2.24, 2.45) is 0 Å². The van der Waals surface area contributed by atoms with Crippen LogP contribution < -0.4 is 10.1 Å². The third kappa shape index (κ3) is 2.54. The Morgan fingerprint density at radius 1 is 1.25 bits per heavy atom. The molecule has 1 heterocycles. The smallest absolute Gasteiger partial charge is 0.127 e. The van der Waals surface area contributed by atoms with Crippen molar-refractivity contribution in [1.82, 2.24) is 5.32 Å². The lowest BCUT2D eigenvalue weighted by atomic mass is 9.98. The molecule has 0 saturated carbocycles. The summed E-state index contributed by atoms with van der Waals surface area (Å²) in [7, 11) is 1.67. The van der Waals surface area contributed by atoms with Crippen molar-refractivity contribution >= 4 is 11.8 Å². The largest absolute Gasteiger partial charge is 0.496 e. The molecule has 2 aromatic rings. The molecule has 0 fully saturated rings. The van der Waals surface area contributed by atoms with Crippen LogP contribution in [-0.4, -0.2) is 7.11 Å². The summed E-state index contributed by atoms with van der Waals surface area (Å²) >= 11 is 1.81. The molecule has 20 heavy (non-hydrogen) atoms. The SMILES string of the molecule is COc1[c]ccc(CC2(c3ccccc3)NC=CS2)c1. The molecule has 0 amide bonds. The number of nitrogens with one attached hydrogen (secondary N) is 1. The van der Waals surface area contributed by atoms with Crippen molar-refractivity contribution < 1.29 is 4.74 Å². The molecule has 0 aliphatic carbocycles. The zero-order valence-electron chi connectivity index (χ0n) is 11.3. The van der Waals surface area contributed by atoms with Crippen LogP contribution in [0.1, 0.15) is 11.1 Å². The molecule has 3 rings (SSSR count). The van der Waals surface area contributed by atoms with E-state index in [1.54, 1.807) is 7.11 Å². The minimum atomic E-state index is -0.131. The third-order valence-electron chi connectivity index (χ3n) is 3.41. The van der Waals surface area contributed by atoms with Gasteiger partial charge in [0.2, 0.25) is 0 Å². The molecule has 3 heteroatoms. The van der Waals surface area contributed by atoms with Gasteiger partial charge in [-0.25, -0.2) is 0 Å². The lowest BCUT2D eigenvalue weighted by molar-refractivity contribution is 0.413. The predicted octanol–water partition coefficient (Wildman–Crippen LogP) is 3.70. The molecule has 1 N–H and O–H groups in total. The summed E-state index contributed by atoms with van der Waals surface area (Å²) in [5.41, 5.74) is 2.51. The number of benzene rings is 2. The minimum Gasteiger partial charge on any atom is -0.496 e. The monoisotopic (exact) mass is 282 g/mol. The summed E-state index contributed by atoms with van der Waals surface area (Å²) in [6.45, 7) is 0. The fraction of sp³-hybridized carbons (Fsp3) is 0.176. The molecule has 1 aliphatic heterocycles. The summed E-state index contributed by atoms with van der Waals surface area (Å²) in [5.74, 6) is 0.779. The summed E-state index contributed by atoms with van der Waals surface area (Å²) in [5, 5.41) is 5.61. The standard InChI is InChI=1S/C17H16NOS/c1-19-16-9-5-6-14(12-16)13-17(18-10-11-20-17)15-7-3-2-4-8-15/h2-8,10-12,18H,13H2,1H3. The van der Waals surface area contributed by atoms with E-state index in [9.17, 15) is 0 Å². The highest BCUT2D eigenvalue weighted by Gasteiger charge is 2.33. The second-order valence-corrected chi connectivity index (χ2v) is 5.90. The Balaban J connectivity index is 1.92. The fourth-order valence-electron chi connectivity index (χ4n) is 2.41. The van der Waals surface area contributed by atoms with E-state index >= 15 is 0 Å². The molecule has 0 aromatic heterocycles. The second-order valence-electron chi connectivity index (χ2n) is 4.70. The molecular weight excluding hydrogens is 266 g/mol. The molecule has 1 atom stereocenters. The quantitative estimate of drug-likeness (QED) is 0.924. The maximum Gasteiger partial charge on any atom is 0.127 e. The zero-order valence-corrected chi connectivity index (χ0v) is 12.1. The number of rotatable bonds is 4. The molecule has 0 saturated heterocycles. The fourth-order valence-corrected chi connectivity index (χ4v) is 3.44. The van der Waals surface area contributed by atoms with E-state index < -0.39 is 0 Å². The first-order valence-corrected chi connectivity index (χ1v) is 7.41. The molecule has 2 aromatic carbocycles. The van der Waals surface area contributed by atoms with Crippen molar-refractivity contribution in [1.29, 1.82) is 0 Å². The minimum absolute atomic E-state index is 0.131. The average Bonchev–Trinajstić information content (AvgIpc) is 2.98. The molecule has 101 valence electrons. The summed E-state index contributed by atoms with van der Waals surface area (Å²) in [6, 6.07) is 19.7. The van der Waals surface area contributed by atoms with Gasteiger partial charge in [0.25, 0.3) is 0 Å². The van der Waals surface area contributed by atoms with Crippen LogP contribution in [0.2, 0.25) is 0 Å². The highest BCUT2D eigenvalue weighted by atomic mass is 32.2. The molecule has 0 bridgehead atoms. The Hall–Kier alpha value is -1.87. The lowest BCUT2D eigenvalue weighted by Crippen LogP contribution is -2.35. The van der Waals surface area contributed by atoms with Crippen molar-refractivity contribution in [3.63, 3.8) is 0 Å².